The molecule has 0 fully saturated rings. The van der Waals surface area contributed by atoms with Gasteiger partial charge in [-0.2, -0.15) is 0 Å². The van der Waals surface area contributed by atoms with Gasteiger partial charge in [0.15, 0.2) is 0 Å². The van der Waals surface area contributed by atoms with Crippen molar-refractivity contribution >= 4 is 11.6 Å². The van der Waals surface area contributed by atoms with Crippen LogP contribution in [0, 0.1) is 12.7 Å². The maximum atomic E-state index is 13.3. The van der Waals surface area contributed by atoms with E-state index in [2.05, 4.69) is 5.32 Å². The summed E-state index contributed by atoms with van der Waals surface area (Å²) in [6.07, 6.45) is 0. The summed E-state index contributed by atoms with van der Waals surface area (Å²) in [5, 5.41) is 2.71. The largest absolute Gasteiger partial charge is 0.492 e. The van der Waals surface area contributed by atoms with Gasteiger partial charge in [-0.3, -0.25) is 4.79 Å². The number of hydrogen-bond donors (Lipinski definition) is 2. The van der Waals surface area contributed by atoms with Gasteiger partial charge in [-0.25, -0.2) is 4.39 Å². The van der Waals surface area contributed by atoms with E-state index in [9.17, 15) is 9.18 Å². The molecule has 0 aliphatic heterocycles. The Hall–Kier alpha value is -2.40. The molecule has 110 valence electrons. The second-order valence-corrected chi connectivity index (χ2v) is 4.64. The zero-order chi connectivity index (χ0) is 15.2. The Labute approximate surface area is 122 Å². The average Bonchev–Trinajstić information content (AvgIpc) is 2.44. The number of nitrogens with two attached hydrogens (primary N) is 1. The van der Waals surface area contributed by atoms with Crippen molar-refractivity contribution in [3.8, 4) is 5.75 Å². The third-order valence-electron chi connectivity index (χ3n) is 2.78. The Morgan fingerprint density at radius 1 is 1.29 bits per heavy atom. The van der Waals surface area contributed by atoms with Crippen LogP contribution < -0.4 is 15.8 Å². The molecule has 0 aliphatic carbocycles. The number of rotatable bonds is 5. The van der Waals surface area contributed by atoms with Gasteiger partial charge in [-0.05, 0) is 42.8 Å². The maximum Gasteiger partial charge on any atom is 0.255 e. The van der Waals surface area contributed by atoms with Crippen LogP contribution in [0.2, 0.25) is 0 Å². The van der Waals surface area contributed by atoms with Gasteiger partial charge in [0, 0.05) is 23.9 Å². The molecule has 0 spiro atoms. The summed E-state index contributed by atoms with van der Waals surface area (Å²) >= 11 is 0. The Bertz CT molecular complexity index is 624. The molecule has 0 unspecified atom stereocenters. The summed E-state index contributed by atoms with van der Waals surface area (Å²) in [6.45, 7) is 2.56. The number of carbonyl (C=O) groups is 1. The number of benzene rings is 2. The molecule has 0 saturated heterocycles. The molecule has 2 aromatic carbocycles. The van der Waals surface area contributed by atoms with Crippen LogP contribution in [0.25, 0.3) is 0 Å². The molecule has 2 aromatic rings. The second kappa shape index (κ2) is 6.85. The highest BCUT2D eigenvalue weighted by Gasteiger charge is 2.08. The van der Waals surface area contributed by atoms with E-state index < -0.39 is 5.82 Å². The van der Waals surface area contributed by atoms with Crippen molar-refractivity contribution in [1.82, 2.24) is 0 Å². The van der Waals surface area contributed by atoms with Crippen LogP contribution in [0.15, 0.2) is 42.5 Å². The van der Waals surface area contributed by atoms with Crippen LogP contribution in [0.1, 0.15) is 15.9 Å². The number of ether oxygens (including phenoxy) is 1. The molecule has 0 bridgehead atoms. The lowest BCUT2D eigenvalue weighted by Crippen LogP contribution is -2.13. The molecule has 2 rings (SSSR count). The normalized spacial score (nSPS) is 10.2. The first kappa shape index (κ1) is 15.0. The number of nitrogens with one attached hydrogen (secondary N) is 1. The summed E-state index contributed by atoms with van der Waals surface area (Å²) in [7, 11) is 0. The molecule has 21 heavy (non-hydrogen) atoms. The Balaban J connectivity index is 2.11. The predicted octanol–water partition coefficient (Wildman–Crippen LogP) is 2.72. The first-order valence-corrected chi connectivity index (χ1v) is 6.60. The minimum absolute atomic E-state index is 0.278. The molecule has 0 saturated carbocycles. The fourth-order valence-corrected chi connectivity index (χ4v) is 1.91. The Morgan fingerprint density at radius 3 is 2.81 bits per heavy atom. The molecular weight excluding hydrogens is 271 g/mol. The summed E-state index contributed by atoms with van der Waals surface area (Å²) in [4.78, 5) is 12.1. The average molecular weight is 288 g/mol. The highest BCUT2D eigenvalue weighted by atomic mass is 19.1. The number of hydrogen-bond acceptors (Lipinski definition) is 3. The van der Waals surface area contributed by atoms with Gasteiger partial charge in [0.1, 0.15) is 18.2 Å². The second-order valence-electron chi connectivity index (χ2n) is 4.64. The molecule has 1 amide bonds. The van der Waals surface area contributed by atoms with Crippen LogP contribution >= 0.6 is 0 Å². The minimum Gasteiger partial charge on any atom is -0.492 e. The van der Waals surface area contributed by atoms with E-state index in [4.69, 9.17) is 10.5 Å². The molecular formula is C16H17FN2O2. The minimum atomic E-state index is -0.430. The highest BCUT2D eigenvalue weighted by molar-refractivity contribution is 6.04. The van der Waals surface area contributed by atoms with Gasteiger partial charge in [0.05, 0.1) is 0 Å². The molecule has 0 aromatic heterocycles. The van der Waals surface area contributed by atoms with Crippen molar-refractivity contribution in [3.05, 3.63) is 59.4 Å². The standard InChI is InChI=1S/C16H17FN2O2/c1-11-7-12(9-13(17)8-11)16(20)19-14-3-2-4-15(10-14)21-6-5-18/h2-4,7-10H,5-6,18H2,1H3,(H,19,20). The first-order chi connectivity index (χ1) is 10.1. The van der Waals surface area contributed by atoms with Crippen LogP contribution in [-0.4, -0.2) is 19.1 Å². The van der Waals surface area contributed by atoms with Gasteiger partial charge in [0.2, 0.25) is 0 Å². The van der Waals surface area contributed by atoms with Crippen molar-refractivity contribution in [3.63, 3.8) is 0 Å². The number of aryl methyl sites for hydroxylation is 1. The lowest BCUT2D eigenvalue weighted by atomic mass is 10.1. The molecule has 0 atom stereocenters. The van der Waals surface area contributed by atoms with E-state index in [-0.39, 0.29) is 11.5 Å². The molecule has 4 nitrogen and oxygen atoms in total. The van der Waals surface area contributed by atoms with Gasteiger partial charge in [-0.15, -0.1) is 0 Å². The maximum absolute atomic E-state index is 13.3. The SMILES string of the molecule is Cc1cc(F)cc(C(=O)Nc2cccc(OCCN)c2)c1. The quantitative estimate of drug-likeness (QED) is 0.889. The van der Waals surface area contributed by atoms with E-state index >= 15 is 0 Å². The molecule has 0 heterocycles. The van der Waals surface area contributed by atoms with E-state index in [1.807, 2.05) is 0 Å². The van der Waals surface area contributed by atoms with Crippen LogP contribution in [0.4, 0.5) is 10.1 Å². The molecule has 0 radical (unpaired) electrons. The van der Waals surface area contributed by atoms with Crippen molar-refractivity contribution in [2.75, 3.05) is 18.5 Å². The zero-order valence-corrected chi connectivity index (χ0v) is 11.7. The van der Waals surface area contributed by atoms with Gasteiger partial charge in [-0.1, -0.05) is 6.07 Å². The zero-order valence-electron chi connectivity index (χ0n) is 11.7. The van der Waals surface area contributed by atoms with Crippen molar-refractivity contribution < 1.29 is 13.9 Å². The number of amides is 1. The lowest BCUT2D eigenvalue weighted by Gasteiger charge is -2.09. The monoisotopic (exact) mass is 288 g/mol. The summed E-state index contributed by atoms with van der Waals surface area (Å²) in [6, 6.07) is 11.2. The van der Waals surface area contributed by atoms with E-state index in [1.54, 1.807) is 37.3 Å². The van der Waals surface area contributed by atoms with Gasteiger partial charge in [0.25, 0.3) is 5.91 Å². The molecule has 3 N–H and O–H groups in total. The fourth-order valence-electron chi connectivity index (χ4n) is 1.91. The van der Waals surface area contributed by atoms with Crippen LogP contribution in [0.5, 0.6) is 5.75 Å². The highest BCUT2D eigenvalue weighted by Crippen LogP contribution is 2.18. The first-order valence-electron chi connectivity index (χ1n) is 6.60. The number of anilines is 1. The summed E-state index contributed by atoms with van der Waals surface area (Å²) in [5.41, 5.74) is 6.92. The van der Waals surface area contributed by atoms with Crippen molar-refractivity contribution in [2.45, 2.75) is 6.92 Å². The fraction of sp³-hybridized carbons (Fsp3) is 0.188. The van der Waals surface area contributed by atoms with Crippen molar-refractivity contribution in [2.24, 2.45) is 5.73 Å². The third kappa shape index (κ3) is 4.29. The van der Waals surface area contributed by atoms with E-state index in [0.29, 0.717) is 30.2 Å². The Kier molecular flexibility index (Phi) is 4.90. The summed E-state index contributed by atoms with van der Waals surface area (Å²) in [5.74, 6) is -0.178. The predicted molar refractivity (Wildman–Crippen MR) is 80.1 cm³/mol. The summed E-state index contributed by atoms with van der Waals surface area (Å²) < 4.78 is 18.7. The molecule has 5 heteroatoms. The van der Waals surface area contributed by atoms with E-state index in [1.165, 1.54) is 12.1 Å². The Morgan fingerprint density at radius 2 is 2.10 bits per heavy atom. The van der Waals surface area contributed by atoms with E-state index in [0.717, 1.165) is 0 Å². The smallest absolute Gasteiger partial charge is 0.255 e. The number of halogens is 1. The van der Waals surface area contributed by atoms with Gasteiger partial charge >= 0.3 is 0 Å². The van der Waals surface area contributed by atoms with Crippen LogP contribution in [0.3, 0.4) is 0 Å². The molecule has 0 aliphatic rings. The number of carbonyl (C=O) groups excluding carboxylic acids is 1. The lowest BCUT2D eigenvalue weighted by molar-refractivity contribution is 0.102. The van der Waals surface area contributed by atoms with Crippen molar-refractivity contribution in [1.29, 1.82) is 0 Å². The third-order valence-corrected chi connectivity index (χ3v) is 2.78. The topological polar surface area (TPSA) is 64.3 Å². The van der Waals surface area contributed by atoms with Crippen LogP contribution in [-0.2, 0) is 0 Å². The van der Waals surface area contributed by atoms with Gasteiger partial charge < -0.3 is 15.8 Å².